The Kier molecular flexibility index (Phi) is 27.0. The Balaban J connectivity index is 1.40. The molecule has 84 heavy (non-hydrogen) atoms. The fourth-order valence-electron chi connectivity index (χ4n) is 9.12. The van der Waals surface area contributed by atoms with E-state index in [0.717, 1.165) is 66.5 Å². The first-order valence-corrected chi connectivity index (χ1v) is 29.3. The van der Waals surface area contributed by atoms with Crippen LogP contribution in [0.5, 0.6) is 0 Å². The van der Waals surface area contributed by atoms with E-state index in [4.69, 9.17) is 5.73 Å². The summed E-state index contributed by atoms with van der Waals surface area (Å²) in [6.07, 6.45) is 5.75. The minimum absolute atomic E-state index is 0.0240. The fraction of sp³-hybridized carbons (Fsp3) is 0.532. The molecule has 0 saturated carbocycles. The van der Waals surface area contributed by atoms with Crippen molar-refractivity contribution in [1.29, 1.82) is 0 Å². The highest BCUT2D eigenvalue weighted by Crippen LogP contribution is 2.21. The van der Waals surface area contributed by atoms with Gasteiger partial charge in [-0.05, 0) is 135 Å². The minimum Gasteiger partial charge on any atom is -0.361 e. The van der Waals surface area contributed by atoms with Gasteiger partial charge in [-0.1, -0.05) is 99.6 Å². The molecule has 0 aliphatic carbocycles. The summed E-state index contributed by atoms with van der Waals surface area (Å²) in [7, 11) is 0. The van der Waals surface area contributed by atoms with Crippen molar-refractivity contribution in [1.82, 2.24) is 63.5 Å². The molecule has 0 aliphatic heterocycles. The summed E-state index contributed by atoms with van der Waals surface area (Å²) < 4.78 is 0. The standard InChI is InChI=1S/C62H93N13O9/c1-11-60(8,72-52(78)41(4)68-55(81)59(6,7)75-58(84)62(10,13-3)74-53(79)49(69-42(5)76)36-44-27-18-15-19-28-44)56(82)67-40-51(77)71-50(37-45-38-66-48-30-21-20-29-47(45)48)54(80)73-61(9,12-2)57(83)70-46(35-43-25-16-14-17-26-43)39-65-34-24-33-64-32-23-22-31-63/h14-21,25-30,38,41,46,49-50,64-66H,11-13,22-24,31-37,39-40,63H2,1-10H3,(H,67,82)(H,68,81)(H,69,76)(H,70,83)(H,71,77)(H,72,78)(H,73,80)(H,74,79)(H,75,84)/t41-,46?,49-,50-,60-,61-,62-/m0/s1. The number of unbranched alkanes of at least 4 members (excludes halogenated alkanes) is 1. The highest BCUT2D eigenvalue weighted by molar-refractivity contribution is 6.00. The lowest BCUT2D eigenvalue weighted by atomic mass is 9.93. The molecule has 4 aromatic rings. The van der Waals surface area contributed by atoms with E-state index in [1.54, 1.807) is 46.0 Å². The molecule has 0 radical (unpaired) electrons. The first-order chi connectivity index (χ1) is 39.8. The predicted octanol–water partition coefficient (Wildman–Crippen LogP) is 2.35. The van der Waals surface area contributed by atoms with Gasteiger partial charge in [-0.3, -0.25) is 43.2 Å². The van der Waals surface area contributed by atoms with Crippen LogP contribution in [0.2, 0.25) is 0 Å². The molecule has 0 saturated heterocycles. The maximum absolute atomic E-state index is 14.5. The van der Waals surface area contributed by atoms with Gasteiger partial charge in [-0.25, -0.2) is 0 Å². The van der Waals surface area contributed by atoms with Crippen LogP contribution in [0.15, 0.2) is 91.1 Å². The largest absolute Gasteiger partial charge is 0.361 e. The Morgan fingerprint density at radius 1 is 0.536 bits per heavy atom. The molecular weight excluding hydrogens is 1070 g/mol. The van der Waals surface area contributed by atoms with Gasteiger partial charge in [0.05, 0.1) is 6.54 Å². The van der Waals surface area contributed by atoms with Crippen molar-refractivity contribution in [3.05, 3.63) is 108 Å². The summed E-state index contributed by atoms with van der Waals surface area (Å²) in [6.45, 7) is 18.3. The van der Waals surface area contributed by atoms with E-state index < -0.39 is 100.0 Å². The lowest BCUT2D eigenvalue weighted by Crippen LogP contribution is -2.66. The van der Waals surface area contributed by atoms with Crippen LogP contribution < -0.4 is 64.2 Å². The lowest BCUT2D eigenvalue weighted by molar-refractivity contribution is -0.140. The fourth-order valence-corrected chi connectivity index (χ4v) is 9.12. The number of aromatic amines is 1. The van der Waals surface area contributed by atoms with Gasteiger partial charge in [0.15, 0.2) is 0 Å². The molecule has 14 N–H and O–H groups in total. The molecule has 22 nitrogen and oxygen atoms in total. The number of hydrogen-bond acceptors (Lipinski definition) is 12. The lowest BCUT2D eigenvalue weighted by Gasteiger charge is -2.35. The van der Waals surface area contributed by atoms with Crippen LogP contribution in [0, 0.1) is 0 Å². The van der Waals surface area contributed by atoms with Crippen LogP contribution in [0.4, 0.5) is 0 Å². The number of amides is 9. The molecule has 0 aliphatic rings. The average Bonchev–Trinajstić information content (AvgIpc) is 4.07. The third kappa shape index (κ3) is 21.2. The molecule has 1 heterocycles. The number of para-hydroxylation sites is 1. The van der Waals surface area contributed by atoms with E-state index in [2.05, 4.69) is 63.5 Å². The van der Waals surface area contributed by atoms with Crippen LogP contribution in [0.3, 0.4) is 0 Å². The van der Waals surface area contributed by atoms with Crippen LogP contribution in [-0.4, -0.2) is 144 Å². The normalized spacial score (nSPS) is 15.0. The Hall–Kier alpha value is -7.69. The molecule has 0 spiro atoms. The van der Waals surface area contributed by atoms with Gasteiger partial charge in [0.25, 0.3) is 0 Å². The Morgan fingerprint density at radius 2 is 1.06 bits per heavy atom. The van der Waals surface area contributed by atoms with E-state index >= 15 is 0 Å². The van der Waals surface area contributed by atoms with E-state index in [0.29, 0.717) is 19.5 Å². The molecule has 4 rings (SSSR count). The summed E-state index contributed by atoms with van der Waals surface area (Å²) in [4.78, 5) is 127. The number of H-pyrrole nitrogens is 1. The maximum atomic E-state index is 14.5. The third-order valence-electron chi connectivity index (χ3n) is 15.3. The molecule has 9 amide bonds. The van der Waals surface area contributed by atoms with Gasteiger partial charge in [0.2, 0.25) is 53.2 Å². The Bertz CT molecular complexity index is 2830. The van der Waals surface area contributed by atoms with Gasteiger partial charge >= 0.3 is 0 Å². The second-order valence-electron chi connectivity index (χ2n) is 22.8. The van der Waals surface area contributed by atoms with Crippen molar-refractivity contribution in [2.45, 2.75) is 173 Å². The maximum Gasteiger partial charge on any atom is 0.246 e. The summed E-state index contributed by atoms with van der Waals surface area (Å²) in [6, 6.07) is 22.6. The van der Waals surface area contributed by atoms with Gasteiger partial charge in [0, 0.05) is 49.5 Å². The van der Waals surface area contributed by atoms with Crippen molar-refractivity contribution < 1.29 is 43.2 Å². The molecule has 0 bridgehead atoms. The van der Waals surface area contributed by atoms with E-state index in [1.807, 2.05) is 72.8 Å². The van der Waals surface area contributed by atoms with Crippen molar-refractivity contribution in [3.63, 3.8) is 0 Å². The number of nitrogens with two attached hydrogens (primary N) is 1. The molecule has 1 unspecified atom stereocenters. The van der Waals surface area contributed by atoms with Gasteiger partial charge < -0.3 is 69.2 Å². The SMILES string of the molecule is CC[C@](C)(NC(=O)[C@H](C)NC(=O)C(C)(C)NC(=O)[C@](C)(CC)NC(=O)[C@H](Cc1ccccc1)NC(C)=O)C(=O)NCC(=O)N[C@@H](Cc1c[nH]c2ccccc12)C(=O)N[C@@](C)(CC)C(=O)NC(CNCCCNCCCCN)Cc1ccccc1. The smallest absolute Gasteiger partial charge is 0.246 e. The number of carbonyl (C=O) groups is 9. The average molecular weight is 1160 g/mol. The van der Waals surface area contributed by atoms with Crippen molar-refractivity contribution in [3.8, 4) is 0 Å². The highest BCUT2D eigenvalue weighted by Gasteiger charge is 2.42. The Morgan fingerprint density at radius 3 is 1.65 bits per heavy atom. The summed E-state index contributed by atoms with van der Waals surface area (Å²) >= 11 is 0. The van der Waals surface area contributed by atoms with Crippen molar-refractivity contribution in [2.75, 3.05) is 39.3 Å². The summed E-state index contributed by atoms with van der Waals surface area (Å²) in [5, 5.41) is 32.6. The zero-order valence-electron chi connectivity index (χ0n) is 50.8. The number of aromatic nitrogens is 1. The van der Waals surface area contributed by atoms with E-state index in [1.165, 1.54) is 41.5 Å². The van der Waals surface area contributed by atoms with Gasteiger partial charge in [0.1, 0.15) is 40.3 Å². The molecule has 22 heteroatoms. The molecule has 460 valence electrons. The van der Waals surface area contributed by atoms with E-state index in [9.17, 15) is 43.2 Å². The van der Waals surface area contributed by atoms with Gasteiger partial charge in [-0.2, -0.15) is 0 Å². The zero-order chi connectivity index (χ0) is 62.1. The summed E-state index contributed by atoms with van der Waals surface area (Å²) in [5.41, 5.74) is 2.83. The number of carbonyl (C=O) groups excluding carboxylic acids is 9. The molecule has 0 fully saturated rings. The number of fused-ring (bicyclic) bond motifs is 1. The number of nitrogens with one attached hydrogen (secondary N) is 12. The first-order valence-electron chi connectivity index (χ1n) is 29.3. The molecular formula is C62H93N13O9. The summed E-state index contributed by atoms with van der Waals surface area (Å²) in [5.74, 6) is -5.71. The van der Waals surface area contributed by atoms with Crippen molar-refractivity contribution >= 4 is 64.1 Å². The second kappa shape index (κ2) is 33.0. The van der Waals surface area contributed by atoms with Crippen LogP contribution in [0.25, 0.3) is 10.9 Å². The molecule has 3 aromatic carbocycles. The predicted molar refractivity (Wildman–Crippen MR) is 326 cm³/mol. The van der Waals surface area contributed by atoms with Crippen LogP contribution >= 0.6 is 0 Å². The van der Waals surface area contributed by atoms with Gasteiger partial charge in [-0.15, -0.1) is 0 Å². The first kappa shape index (κ1) is 68.8. The zero-order valence-corrected chi connectivity index (χ0v) is 50.8. The Labute approximate surface area is 495 Å². The number of benzene rings is 3. The monoisotopic (exact) mass is 1160 g/mol. The quantitative estimate of drug-likeness (QED) is 0.0292. The third-order valence-corrected chi connectivity index (χ3v) is 15.3. The number of hydrogen-bond donors (Lipinski definition) is 13. The minimum atomic E-state index is -1.62. The second-order valence-corrected chi connectivity index (χ2v) is 22.8. The highest BCUT2D eigenvalue weighted by atomic mass is 16.2. The molecule has 1 aromatic heterocycles. The molecule has 7 atom stereocenters. The number of rotatable bonds is 36. The van der Waals surface area contributed by atoms with Crippen LogP contribution in [0.1, 0.15) is 124 Å². The van der Waals surface area contributed by atoms with E-state index in [-0.39, 0.29) is 38.1 Å². The topological polar surface area (TPSA) is 328 Å². The van der Waals surface area contributed by atoms with Crippen LogP contribution in [-0.2, 0) is 62.4 Å². The van der Waals surface area contributed by atoms with Crippen molar-refractivity contribution in [2.24, 2.45) is 5.73 Å².